The number of ketones is 1. The number of benzene rings is 2. The molecule has 0 radical (unpaired) electrons. The first kappa shape index (κ1) is 20.3. The molecule has 0 saturated carbocycles. The fraction of sp³-hybridized carbons (Fsp3) is 0.160. The highest BCUT2D eigenvalue weighted by Gasteiger charge is 2.46. The Kier molecular flexibility index (Phi) is 5.54. The molecule has 1 N–H and O–H groups in total. The third-order valence-corrected chi connectivity index (χ3v) is 5.34. The van der Waals surface area contributed by atoms with Crippen LogP contribution in [0.1, 0.15) is 28.3 Å². The van der Waals surface area contributed by atoms with Crippen LogP contribution in [0.2, 0.25) is 0 Å². The quantitative estimate of drug-likeness (QED) is 0.388. The lowest BCUT2D eigenvalue weighted by molar-refractivity contribution is -0.140. The van der Waals surface area contributed by atoms with Crippen molar-refractivity contribution in [3.05, 3.63) is 101 Å². The molecule has 2 heterocycles. The second-order valence-electron chi connectivity index (χ2n) is 7.43. The Hall–Kier alpha value is -3.93. The predicted molar refractivity (Wildman–Crippen MR) is 116 cm³/mol. The van der Waals surface area contributed by atoms with Crippen LogP contribution < -0.4 is 4.74 Å². The van der Waals surface area contributed by atoms with E-state index in [0.717, 1.165) is 16.7 Å². The Morgan fingerprint density at radius 1 is 1.06 bits per heavy atom. The highest BCUT2D eigenvalue weighted by molar-refractivity contribution is 6.46. The largest absolute Gasteiger partial charge is 0.507 e. The van der Waals surface area contributed by atoms with Gasteiger partial charge in [-0.1, -0.05) is 42.0 Å². The van der Waals surface area contributed by atoms with Crippen molar-refractivity contribution < 1.29 is 19.4 Å². The van der Waals surface area contributed by atoms with Crippen molar-refractivity contribution in [2.24, 2.45) is 0 Å². The molecule has 0 spiro atoms. The van der Waals surface area contributed by atoms with E-state index in [9.17, 15) is 14.7 Å². The van der Waals surface area contributed by atoms with E-state index in [1.165, 1.54) is 12.0 Å². The maximum atomic E-state index is 13.1. The minimum atomic E-state index is -0.709. The third-order valence-electron chi connectivity index (χ3n) is 5.34. The number of methoxy groups -OCH3 is 1. The zero-order valence-electron chi connectivity index (χ0n) is 17.3. The van der Waals surface area contributed by atoms with E-state index in [2.05, 4.69) is 4.98 Å². The van der Waals surface area contributed by atoms with Crippen LogP contribution in [0.25, 0.3) is 5.76 Å². The van der Waals surface area contributed by atoms with Crippen molar-refractivity contribution in [1.29, 1.82) is 0 Å². The first-order valence-corrected chi connectivity index (χ1v) is 9.88. The number of rotatable bonds is 5. The Morgan fingerprint density at radius 2 is 1.81 bits per heavy atom. The average molecular weight is 414 g/mol. The van der Waals surface area contributed by atoms with Gasteiger partial charge in [-0.3, -0.25) is 14.6 Å². The summed E-state index contributed by atoms with van der Waals surface area (Å²) in [6.07, 6.45) is 3.29. The fourth-order valence-electron chi connectivity index (χ4n) is 3.84. The summed E-state index contributed by atoms with van der Waals surface area (Å²) in [5, 5.41) is 11.1. The highest BCUT2D eigenvalue weighted by atomic mass is 16.5. The van der Waals surface area contributed by atoms with E-state index >= 15 is 0 Å². The van der Waals surface area contributed by atoms with E-state index in [1.807, 2.05) is 31.2 Å². The summed E-state index contributed by atoms with van der Waals surface area (Å²) in [6.45, 7) is 2.17. The van der Waals surface area contributed by atoms with Gasteiger partial charge < -0.3 is 14.7 Å². The molecule has 1 aliphatic heterocycles. The normalized spacial score (nSPS) is 17.7. The highest BCUT2D eigenvalue weighted by Crippen LogP contribution is 2.40. The summed E-state index contributed by atoms with van der Waals surface area (Å²) in [5.41, 5.74) is 3.08. The number of aromatic nitrogens is 1. The number of hydrogen-bond acceptors (Lipinski definition) is 5. The lowest BCUT2D eigenvalue weighted by Gasteiger charge is -2.25. The Balaban J connectivity index is 1.87. The van der Waals surface area contributed by atoms with Crippen LogP contribution >= 0.6 is 0 Å². The van der Waals surface area contributed by atoms with Crippen LogP contribution in [-0.2, 0) is 16.1 Å². The monoisotopic (exact) mass is 414 g/mol. The van der Waals surface area contributed by atoms with Crippen molar-refractivity contribution in [3.8, 4) is 5.75 Å². The van der Waals surface area contributed by atoms with Crippen molar-refractivity contribution in [1.82, 2.24) is 9.88 Å². The van der Waals surface area contributed by atoms with Crippen LogP contribution in [0.5, 0.6) is 5.75 Å². The molecule has 4 rings (SSSR count). The number of ether oxygens (including phenoxy) is 1. The van der Waals surface area contributed by atoms with Crippen LogP contribution in [0.4, 0.5) is 0 Å². The molecule has 1 fully saturated rings. The van der Waals surface area contributed by atoms with E-state index in [4.69, 9.17) is 4.74 Å². The number of amides is 1. The number of aliphatic hydroxyl groups is 1. The SMILES string of the molecule is COc1cccc(/C(O)=C2/C(=O)C(=O)N(Cc3ccncc3)C2c2cccc(C)c2)c1. The molecule has 1 aliphatic rings. The lowest BCUT2D eigenvalue weighted by atomic mass is 9.94. The van der Waals surface area contributed by atoms with Gasteiger partial charge in [0.25, 0.3) is 11.7 Å². The van der Waals surface area contributed by atoms with Gasteiger partial charge in [0.1, 0.15) is 11.5 Å². The van der Waals surface area contributed by atoms with Gasteiger partial charge in [0, 0.05) is 24.5 Å². The van der Waals surface area contributed by atoms with E-state index in [1.54, 1.807) is 48.8 Å². The molecule has 1 aromatic heterocycles. The molecule has 1 amide bonds. The summed E-state index contributed by atoms with van der Waals surface area (Å²) in [6, 6.07) is 17.3. The molecule has 1 saturated heterocycles. The zero-order chi connectivity index (χ0) is 22.0. The first-order chi connectivity index (χ1) is 15.0. The molecule has 6 nitrogen and oxygen atoms in total. The maximum Gasteiger partial charge on any atom is 0.295 e. The molecule has 156 valence electrons. The lowest BCUT2D eigenvalue weighted by Crippen LogP contribution is -2.29. The molecule has 1 unspecified atom stereocenters. The number of nitrogens with zero attached hydrogens (tertiary/aromatic N) is 2. The standard InChI is InChI=1S/C25H22N2O4/c1-16-5-3-6-18(13-16)22-21(23(28)19-7-4-8-20(14-19)31-2)24(29)25(30)27(22)15-17-9-11-26-12-10-17/h3-14,22,28H,15H2,1-2H3/b23-21-. The van der Waals surface area contributed by atoms with Crippen LogP contribution in [0.15, 0.2) is 78.6 Å². The molecule has 3 aromatic rings. The first-order valence-electron chi connectivity index (χ1n) is 9.88. The molecule has 2 aromatic carbocycles. The number of Topliss-reactive ketones (excluding diaryl/α,β-unsaturated/α-hetero) is 1. The summed E-state index contributed by atoms with van der Waals surface area (Å²) in [5.74, 6) is -1.03. The Labute approximate surface area is 180 Å². The molecule has 0 aliphatic carbocycles. The minimum Gasteiger partial charge on any atom is -0.507 e. The van der Waals surface area contributed by atoms with Gasteiger partial charge in [0.2, 0.25) is 0 Å². The summed E-state index contributed by atoms with van der Waals surface area (Å²) >= 11 is 0. The number of hydrogen-bond donors (Lipinski definition) is 1. The van der Waals surface area contributed by atoms with Crippen molar-refractivity contribution in [2.75, 3.05) is 7.11 Å². The van der Waals surface area contributed by atoms with Gasteiger partial charge in [-0.2, -0.15) is 0 Å². The molecule has 1 atom stereocenters. The third kappa shape index (κ3) is 3.92. The van der Waals surface area contributed by atoms with Gasteiger partial charge in [-0.25, -0.2) is 0 Å². The minimum absolute atomic E-state index is 0.0675. The van der Waals surface area contributed by atoms with E-state index in [0.29, 0.717) is 11.3 Å². The number of aryl methyl sites for hydroxylation is 1. The number of carbonyl (C=O) groups is 2. The Morgan fingerprint density at radius 3 is 2.52 bits per heavy atom. The van der Waals surface area contributed by atoms with Crippen molar-refractivity contribution >= 4 is 17.4 Å². The number of aliphatic hydroxyl groups excluding tert-OH is 1. The van der Waals surface area contributed by atoms with Gasteiger partial charge in [0.15, 0.2) is 0 Å². The molecule has 6 heteroatoms. The van der Waals surface area contributed by atoms with E-state index < -0.39 is 17.7 Å². The topological polar surface area (TPSA) is 79.7 Å². The summed E-state index contributed by atoms with van der Waals surface area (Å²) in [7, 11) is 1.53. The molecule has 31 heavy (non-hydrogen) atoms. The van der Waals surface area contributed by atoms with Crippen LogP contribution in [0, 0.1) is 6.92 Å². The molecule has 0 bridgehead atoms. The second-order valence-corrected chi connectivity index (χ2v) is 7.43. The Bertz CT molecular complexity index is 1170. The predicted octanol–water partition coefficient (Wildman–Crippen LogP) is 4.02. The van der Waals surface area contributed by atoms with E-state index in [-0.39, 0.29) is 17.9 Å². The average Bonchev–Trinajstić information content (AvgIpc) is 3.04. The van der Waals surface area contributed by atoms with Gasteiger partial charge in [-0.15, -0.1) is 0 Å². The van der Waals surface area contributed by atoms with Crippen LogP contribution in [0.3, 0.4) is 0 Å². The number of pyridine rings is 1. The smallest absolute Gasteiger partial charge is 0.295 e. The van der Waals surface area contributed by atoms with Gasteiger partial charge >= 0.3 is 0 Å². The number of carbonyl (C=O) groups excluding carboxylic acids is 2. The molecular formula is C25H22N2O4. The van der Waals surface area contributed by atoms with Crippen LogP contribution in [-0.4, -0.2) is 33.8 Å². The summed E-state index contributed by atoms with van der Waals surface area (Å²) < 4.78 is 5.24. The maximum absolute atomic E-state index is 13.1. The fourth-order valence-corrected chi connectivity index (χ4v) is 3.84. The zero-order valence-corrected chi connectivity index (χ0v) is 17.3. The van der Waals surface area contributed by atoms with Gasteiger partial charge in [-0.05, 0) is 42.3 Å². The van der Waals surface area contributed by atoms with Gasteiger partial charge in [0.05, 0.1) is 18.7 Å². The van der Waals surface area contributed by atoms with Crippen molar-refractivity contribution in [3.63, 3.8) is 0 Å². The second kappa shape index (κ2) is 8.44. The van der Waals surface area contributed by atoms with Crippen molar-refractivity contribution in [2.45, 2.75) is 19.5 Å². The number of likely N-dealkylation sites (tertiary alicyclic amines) is 1. The molecular weight excluding hydrogens is 392 g/mol. The summed E-state index contributed by atoms with van der Waals surface area (Å²) in [4.78, 5) is 31.6.